The summed E-state index contributed by atoms with van der Waals surface area (Å²) >= 11 is 0. The second kappa shape index (κ2) is 7.58. The number of aromatic nitrogens is 2. The van der Waals surface area contributed by atoms with Gasteiger partial charge in [0.1, 0.15) is 11.3 Å². The van der Waals surface area contributed by atoms with Gasteiger partial charge in [-0.25, -0.2) is 0 Å². The molecule has 27 heavy (non-hydrogen) atoms. The summed E-state index contributed by atoms with van der Waals surface area (Å²) in [7, 11) is 3.02. The van der Waals surface area contributed by atoms with Crippen LogP contribution in [0.15, 0.2) is 40.2 Å². The van der Waals surface area contributed by atoms with Gasteiger partial charge in [0.05, 0.1) is 18.8 Å². The highest BCUT2D eigenvalue weighted by Gasteiger charge is 2.21. The molecule has 0 aliphatic carbocycles. The number of hydrogen-bond acceptors (Lipinski definition) is 5. The highest BCUT2D eigenvalue weighted by molar-refractivity contribution is 6.04. The smallest absolute Gasteiger partial charge is 0.274 e. The molecule has 0 unspecified atom stereocenters. The summed E-state index contributed by atoms with van der Waals surface area (Å²) in [6, 6.07) is 4.28. The summed E-state index contributed by atoms with van der Waals surface area (Å²) in [5.74, 6) is -0.954. The fourth-order valence-corrected chi connectivity index (χ4v) is 2.83. The van der Waals surface area contributed by atoms with Gasteiger partial charge in [0, 0.05) is 39.6 Å². The molecule has 1 aliphatic rings. The van der Waals surface area contributed by atoms with Gasteiger partial charge < -0.3 is 24.1 Å². The monoisotopic (exact) mass is 372 g/mol. The summed E-state index contributed by atoms with van der Waals surface area (Å²) < 4.78 is 7.73. The molecule has 2 aromatic heterocycles. The van der Waals surface area contributed by atoms with Gasteiger partial charge >= 0.3 is 0 Å². The van der Waals surface area contributed by atoms with Crippen LogP contribution in [0.1, 0.15) is 20.7 Å². The highest BCUT2D eigenvalue weighted by Crippen LogP contribution is 2.11. The minimum Gasteiger partial charge on any atom is -0.378 e. The second-order valence-corrected chi connectivity index (χ2v) is 6.26. The molecule has 1 aliphatic heterocycles. The molecule has 9 heteroatoms. The zero-order valence-corrected chi connectivity index (χ0v) is 15.1. The van der Waals surface area contributed by atoms with Crippen LogP contribution in [-0.2, 0) is 18.8 Å². The molecule has 0 radical (unpaired) electrons. The fourth-order valence-electron chi connectivity index (χ4n) is 2.83. The summed E-state index contributed by atoms with van der Waals surface area (Å²) in [6.07, 6.45) is 2.96. The van der Waals surface area contributed by atoms with Crippen LogP contribution < -0.4 is 16.4 Å². The zero-order chi connectivity index (χ0) is 19.6. The molecule has 3 heterocycles. The van der Waals surface area contributed by atoms with E-state index in [4.69, 9.17) is 4.74 Å². The van der Waals surface area contributed by atoms with Gasteiger partial charge in [-0.2, -0.15) is 0 Å². The molecule has 0 saturated carbocycles. The van der Waals surface area contributed by atoms with E-state index < -0.39 is 17.0 Å². The van der Waals surface area contributed by atoms with Crippen LogP contribution >= 0.6 is 0 Å². The van der Waals surface area contributed by atoms with Crippen molar-refractivity contribution < 1.29 is 14.3 Å². The maximum Gasteiger partial charge on any atom is 0.274 e. The zero-order valence-electron chi connectivity index (χ0n) is 15.1. The number of hydrogen-bond donors (Lipinski definition) is 1. The largest absolute Gasteiger partial charge is 0.378 e. The number of rotatable bonds is 3. The predicted octanol–water partition coefficient (Wildman–Crippen LogP) is -0.191. The van der Waals surface area contributed by atoms with Crippen LogP contribution in [-0.4, -0.2) is 52.2 Å². The Morgan fingerprint density at radius 3 is 2.48 bits per heavy atom. The number of carbonyl (C=O) groups is 2. The number of carbonyl (C=O) groups excluding carboxylic acids is 2. The van der Waals surface area contributed by atoms with E-state index in [1.165, 1.54) is 47.8 Å². The lowest BCUT2D eigenvalue weighted by Crippen LogP contribution is -2.41. The van der Waals surface area contributed by atoms with Gasteiger partial charge in [0.2, 0.25) is 0 Å². The number of pyridine rings is 2. The summed E-state index contributed by atoms with van der Waals surface area (Å²) in [5, 5.41) is 2.45. The quantitative estimate of drug-likeness (QED) is 0.804. The van der Waals surface area contributed by atoms with Gasteiger partial charge in [0.15, 0.2) is 0 Å². The highest BCUT2D eigenvalue weighted by atomic mass is 16.5. The van der Waals surface area contributed by atoms with Gasteiger partial charge in [0.25, 0.3) is 22.9 Å². The van der Waals surface area contributed by atoms with Crippen molar-refractivity contribution in [3.8, 4) is 0 Å². The fraction of sp³-hybridized carbons (Fsp3) is 0.333. The Morgan fingerprint density at radius 2 is 1.78 bits per heavy atom. The van der Waals surface area contributed by atoms with Gasteiger partial charge in [-0.3, -0.25) is 19.2 Å². The first-order chi connectivity index (χ1) is 12.9. The van der Waals surface area contributed by atoms with E-state index in [1.54, 1.807) is 11.0 Å². The number of nitrogens with one attached hydrogen (secondary N) is 1. The third-order valence-electron chi connectivity index (χ3n) is 4.34. The third kappa shape index (κ3) is 3.82. The summed E-state index contributed by atoms with van der Waals surface area (Å²) in [4.78, 5) is 51.2. The Balaban J connectivity index is 1.91. The average Bonchev–Trinajstić information content (AvgIpc) is 2.67. The number of nitrogens with zero attached hydrogens (tertiary/aromatic N) is 3. The molecule has 2 aromatic rings. The Morgan fingerprint density at radius 1 is 1.07 bits per heavy atom. The van der Waals surface area contributed by atoms with Crippen LogP contribution in [0.5, 0.6) is 0 Å². The van der Waals surface area contributed by atoms with E-state index in [9.17, 15) is 19.2 Å². The van der Waals surface area contributed by atoms with Crippen molar-refractivity contribution >= 4 is 17.5 Å². The van der Waals surface area contributed by atoms with Crippen LogP contribution in [0.2, 0.25) is 0 Å². The summed E-state index contributed by atoms with van der Waals surface area (Å²) in [5.41, 5.74) is -0.836. The van der Waals surface area contributed by atoms with Gasteiger partial charge in [-0.15, -0.1) is 0 Å². The summed E-state index contributed by atoms with van der Waals surface area (Å²) in [6.45, 7) is 1.84. The number of ether oxygens (including phenoxy) is 1. The Bertz CT molecular complexity index is 1000. The minimum atomic E-state index is -0.704. The topological polar surface area (TPSA) is 103 Å². The van der Waals surface area contributed by atoms with Crippen molar-refractivity contribution in [2.75, 3.05) is 31.6 Å². The molecule has 2 amide bonds. The SMILES string of the molecule is Cn1cc(C(=O)N2CCOCC2)cc(NC(=O)c2cccn(C)c2=O)c1=O. The standard InChI is InChI=1S/C18H20N4O5/c1-20-5-3-4-13(17(20)25)15(23)19-14-10-12(11-21(2)18(14)26)16(24)22-6-8-27-9-7-22/h3-5,10-11H,6-9H2,1-2H3,(H,19,23). The van der Waals surface area contributed by atoms with Gasteiger partial charge in [-0.05, 0) is 18.2 Å². The maximum absolute atomic E-state index is 12.7. The lowest BCUT2D eigenvalue weighted by Gasteiger charge is -2.27. The van der Waals surface area contributed by atoms with E-state index in [1.807, 2.05) is 0 Å². The van der Waals surface area contributed by atoms with Crippen molar-refractivity contribution in [1.29, 1.82) is 0 Å². The normalized spacial score (nSPS) is 14.1. The Kier molecular flexibility index (Phi) is 5.22. The molecule has 9 nitrogen and oxygen atoms in total. The molecule has 1 saturated heterocycles. The van der Waals surface area contributed by atoms with Gasteiger partial charge in [-0.1, -0.05) is 0 Å². The lowest BCUT2D eigenvalue weighted by atomic mass is 10.2. The molecule has 1 N–H and O–H groups in total. The van der Waals surface area contributed by atoms with Crippen molar-refractivity contribution in [2.24, 2.45) is 14.1 Å². The van der Waals surface area contributed by atoms with E-state index in [-0.39, 0.29) is 22.7 Å². The molecule has 0 aromatic carbocycles. The molecule has 0 atom stereocenters. The number of amides is 2. The third-order valence-corrected chi connectivity index (χ3v) is 4.34. The molecule has 0 spiro atoms. The van der Waals surface area contributed by atoms with E-state index >= 15 is 0 Å². The Hall–Kier alpha value is -3.20. The number of anilines is 1. The van der Waals surface area contributed by atoms with Crippen molar-refractivity contribution in [3.05, 3.63) is 62.4 Å². The van der Waals surface area contributed by atoms with E-state index in [2.05, 4.69) is 5.32 Å². The first kappa shape index (κ1) is 18.6. The molecular formula is C18H20N4O5. The van der Waals surface area contributed by atoms with Crippen LogP contribution in [0.4, 0.5) is 5.69 Å². The molecule has 3 rings (SSSR count). The molecule has 1 fully saturated rings. The predicted molar refractivity (Wildman–Crippen MR) is 98.0 cm³/mol. The minimum absolute atomic E-state index is 0.0625. The number of aryl methyl sites for hydroxylation is 2. The van der Waals surface area contributed by atoms with Crippen molar-refractivity contribution in [2.45, 2.75) is 0 Å². The van der Waals surface area contributed by atoms with Crippen LogP contribution in [0, 0.1) is 0 Å². The van der Waals surface area contributed by atoms with Crippen molar-refractivity contribution in [3.63, 3.8) is 0 Å². The first-order valence-electron chi connectivity index (χ1n) is 8.43. The lowest BCUT2D eigenvalue weighted by molar-refractivity contribution is 0.0302. The molecule has 0 bridgehead atoms. The van der Waals surface area contributed by atoms with Crippen LogP contribution in [0.3, 0.4) is 0 Å². The molecular weight excluding hydrogens is 352 g/mol. The maximum atomic E-state index is 12.7. The van der Waals surface area contributed by atoms with Crippen LogP contribution in [0.25, 0.3) is 0 Å². The number of morpholine rings is 1. The Labute approximate surface area is 154 Å². The second-order valence-electron chi connectivity index (χ2n) is 6.26. The average molecular weight is 372 g/mol. The first-order valence-corrected chi connectivity index (χ1v) is 8.43. The van der Waals surface area contributed by atoms with E-state index in [0.29, 0.717) is 26.3 Å². The van der Waals surface area contributed by atoms with E-state index in [0.717, 1.165) is 0 Å². The van der Waals surface area contributed by atoms with Crippen molar-refractivity contribution in [1.82, 2.24) is 14.0 Å². The molecule has 142 valence electrons.